The molecule has 2 rings (SSSR count). The van der Waals surface area contributed by atoms with E-state index in [2.05, 4.69) is 11.0 Å². The predicted octanol–water partition coefficient (Wildman–Crippen LogP) is 3.63. The molecule has 25 heavy (non-hydrogen) atoms. The summed E-state index contributed by atoms with van der Waals surface area (Å²) in [6.07, 6.45) is -2.65. The van der Waals surface area contributed by atoms with Crippen LogP contribution in [-0.4, -0.2) is 50.3 Å². The molecule has 0 unspecified atom stereocenters. The van der Waals surface area contributed by atoms with Gasteiger partial charge in [0.25, 0.3) is 0 Å². The van der Waals surface area contributed by atoms with Crippen molar-refractivity contribution in [2.45, 2.75) is 24.9 Å². The lowest BCUT2D eigenvalue weighted by Crippen LogP contribution is -2.48. The molecule has 1 heterocycles. The van der Waals surface area contributed by atoms with Crippen molar-refractivity contribution in [3.05, 3.63) is 40.4 Å². The second kappa shape index (κ2) is 7.65. The summed E-state index contributed by atoms with van der Waals surface area (Å²) in [6, 6.07) is 2.69. The molecule has 1 saturated heterocycles. The average molecular weight is 397 g/mol. The van der Waals surface area contributed by atoms with Crippen molar-refractivity contribution in [3.8, 4) is 0 Å². The third-order valence-electron chi connectivity index (χ3n) is 3.97. The highest BCUT2D eigenvalue weighted by molar-refractivity contribution is 7.89. The van der Waals surface area contributed by atoms with Gasteiger partial charge in [0.1, 0.15) is 0 Å². The van der Waals surface area contributed by atoms with E-state index < -0.39 is 26.8 Å². The molecule has 4 nitrogen and oxygen atoms in total. The zero-order valence-electron chi connectivity index (χ0n) is 14.0. The Labute approximate surface area is 150 Å². The molecule has 0 aliphatic carbocycles. The second-order valence-electron chi connectivity index (χ2n) is 6.13. The van der Waals surface area contributed by atoms with Gasteiger partial charge < -0.3 is 0 Å². The molecule has 0 N–H and O–H groups in total. The van der Waals surface area contributed by atoms with E-state index >= 15 is 0 Å². The van der Waals surface area contributed by atoms with Crippen LogP contribution in [0.1, 0.15) is 19.4 Å². The van der Waals surface area contributed by atoms with Gasteiger partial charge in [-0.05, 0) is 32.0 Å². The fourth-order valence-corrected chi connectivity index (χ4v) is 4.17. The Morgan fingerprint density at radius 1 is 1.20 bits per heavy atom. The first kappa shape index (κ1) is 20.2. The Morgan fingerprint density at radius 2 is 1.80 bits per heavy atom. The molecule has 1 aliphatic rings. The molecule has 0 bridgehead atoms. The first-order valence-corrected chi connectivity index (χ1v) is 9.56. The number of rotatable bonds is 4. The molecule has 0 radical (unpaired) electrons. The fourth-order valence-electron chi connectivity index (χ4n) is 2.50. The van der Waals surface area contributed by atoms with E-state index in [9.17, 15) is 21.6 Å². The van der Waals surface area contributed by atoms with Crippen LogP contribution in [0, 0.1) is 0 Å². The van der Waals surface area contributed by atoms with Crippen molar-refractivity contribution in [1.82, 2.24) is 9.21 Å². The van der Waals surface area contributed by atoms with E-state index in [1.807, 2.05) is 13.8 Å². The molecule has 1 aliphatic heterocycles. The molecule has 0 saturated carbocycles. The third kappa shape index (κ3) is 4.97. The summed E-state index contributed by atoms with van der Waals surface area (Å²) in [4.78, 5) is 1.71. The molecule has 1 fully saturated rings. The molecule has 0 amide bonds. The van der Waals surface area contributed by atoms with Crippen LogP contribution in [0.5, 0.6) is 0 Å². The van der Waals surface area contributed by atoms with Crippen molar-refractivity contribution < 1.29 is 21.6 Å². The number of sulfonamides is 1. The Bertz CT molecular complexity index is 751. The monoisotopic (exact) mass is 396 g/mol. The lowest BCUT2D eigenvalue weighted by Gasteiger charge is -2.33. The maximum atomic E-state index is 13.0. The number of piperazine rings is 1. The van der Waals surface area contributed by atoms with Crippen molar-refractivity contribution in [3.63, 3.8) is 0 Å². The van der Waals surface area contributed by atoms with E-state index in [0.29, 0.717) is 19.2 Å². The van der Waals surface area contributed by atoms with Crippen LogP contribution in [0.15, 0.2) is 34.7 Å². The number of benzene rings is 1. The molecular weight excluding hydrogens is 377 g/mol. The molecule has 1 aromatic carbocycles. The maximum absolute atomic E-state index is 13.0. The van der Waals surface area contributed by atoms with E-state index in [1.54, 1.807) is 0 Å². The fraction of sp³-hybridized carbons (Fsp3) is 0.500. The van der Waals surface area contributed by atoms with E-state index in [4.69, 9.17) is 11.6 Å². The van der Waals surface area contributed by atoms with Gasteiger partial charge in [-0.2, -0.15) is 17.5 Å². The minimum Gasteiger partial charge on any atom is -0.297 e. The lowest BCUT2D eigenvalue weighted by atomic mass is 10.2. The van der Waals surface area contributed by atoms with Crippen LogP contribution in [0.2, 0.25) is 5.02 Å². The van der Waals surface area contributed by atoms with Crippen LogP contribution >= 0.6 is 11.6 Å². The summed E-state index contributed by atoms with van der Waals surface area (Å²) in [5, 5.41) is -0.516. The van der Waals surface area contributed by atoms with Gasteiger partial charge in [0, 0.05) is 32.7 Å². The van der Waals surface area contributed by atoms with Crippen molar-refractivity contribution in [2.24, 2.45) is 0 Å². The highest BCUT2D eigenvalue weighted by Crippen LogP contribution is 2.36. The summed E-state index contributed by atoms with van der Waals surface area (Å²) >= 11 is 5.56. The van der Waals surface area contributed by atoms with Crippen LogP contribution in [0.25, 0.3) is 0 Å². The molecule has 0 aromatic heterocycles. The molecule has 0 spiro atoms. The SMILES string of the molecule is CC(C)=CCN1CCN(S(=O)(=O)c2ccc(Cl)c(C(F)(F)F)c2)CC1. The zero-order valence-corrected chi connectivity index (χ0v) is 15.5. The first-order valence-electron chi connectivity index (χ1n) is 7.74. The number of alkyl halides is 3. The third-order valence-corrected chi connectivity index (χ3v) is 6.19. The maximum Gasteiger partial charge on any atom is 0.417 e. The van der Waals surface area contributed by atoms with Gasteiger partial charge in [0.05, 0.1) is 15.5 Å². The number of nitrogens with zero attached hydrogens (tertiary/aromatic N) is 2. The van der Waals surface area contributed by atoms with E-state index in [-0.39, 0.29) is 18.0 Å². The van der Waals surface area contributed by atoms with E-state index in [0.717, 1.165) is 18.7 Å². The van der Waals surface area contributed by atoms with Crippen LogP contribution in [-0.2, 0) is 16.2 Å². The van der Waals surface area contributed by atoms with Crippen LogP contribution in [0.3, 0.4) is 0 Å². The largest absolute Gasteiger partial charge is 0.417 e. The minimum absolute atomic E-state index is 0.239. The molecule has 1 aromatic rings. The van der Waals surface area contributed by atoms with Crippen molar-refractivity contribution in [1.29, 1.82) is 0 Å². The summed E-state index contributed by atoms with van der Waals surface area (Å²) in [5.41, 5.74) is 0.0355. The summed E-state index contributed by atoms with van der Waals surface area (Å²) in [6.45, 7) is 6.24. The Hall–Kier alpha value is -1.09. The van der Waals surface area contributed by atoms with Gasteiger partial charge in [0.15, 0.2) is 0 Å². The van der Waals surface area contributed by atoms with E-state index in [1.165, 1.54) is 9.88 Å². The van der Waals surface area contributed by atoms with Crippen LogP contribution < -0.4 is 0 Å². The number of hydrogen-bond acceptors (Lipinski definition) is 3. The lowest BCUT2D eigenvalue weighted by molar-refractivity contribution is -0.137. The van der Waals surface area contributed by atoms with Crippen molar-refractivity contribution in [2.75, 3.05) is 32.7 Å². The predicted molar refractivity (Wildman–Crippen MR) is 91.1 cm³/mol. The van der Waals surface area contributed by atoms with Gasteiger partial charge in [-0.25, -0.2) is 8.42 Å². The number of allylic oxidation sites excluding steroid dienone is 1. The quantitative estimate of drug-likeness (QED) is 0.730. The van der Waals surface area contributed by atoms with Gasteiger partial charge in [-0.3, -0.25) is 4.90 Å². The Morgan fingerprint density at radius 3 is 2.32 bits per heavy atom. The highest BCUT2D eigenvalue weighted by Gasteiger charge is 2.36. The number of halogens is 4. The second-order valence-corrected chi connectivity index (χ2v) is 8.47. The molecule has 9 heteroatoms. The van der Waals surface area contributed by atoms with Gasteiger partial charge in [-0.1, -0.05) is 23.3 Å². The zero-order chi connectivity index (χ0) is 18.8. The normalized spacial score (nSPS) is 17.5. The summed E-state index contributed by atoms with van der Waals surface area (Å²) < 4.78 is 65.4. The summed E-state index contributed by atoms with van der Waals surface area (Å²) in [7, 11) is -3.98. The van der Waals surface area contributed by atoms with Gasteiger partial charge in [0.2, 0.25) is 10.0 Å². The first-order chi connectivity index (χ1) is 11.5. The highest BCUT2D eigenvalue weighted by atomic mass is 35.5. The van der Waals surface area contributed by atoms with Crippen LogP contribution in [0.4, 0.5) is 13.2 Å². The number of hydrogen-bond donors (Lipinski definition) is 0. The Kier molecular flexibility index (Phi) is 6.19. The molecular formula is C16H20ClF3N2O2S. The minimum atomic E-state index is -4.70. The van der Waals surface area contributed by atoms with Gasteiger partial charge in [-0.15, -0.1) is 0 Å². The molecule has 140 valence electrons. The topological polar surface area (TPSA) is 40.6 Å². The van der Waals surface area contributed by atoms with Crippen molar-refractivity contribution >= 4 is 21.6 Å². The van der Waals surface area contributed by atoms with Gasteiger partial charge >= 0.3 is 6.18 Å². The standard InChI is InChI=1S/C16H20ClF3N2O2S/c1-12(2)5-6-21-7-9-22(10-8-21)25(23,24)13-3-4-15(17)14(11-13)16(18,19)20/h3-5,11H,6-10H2,1-2H3. The summed E-state index contributed by atoms with van der Waals surface area (Å²) in [5.74, 6) is 0. The molecule has 0 atom stereocenters. The average Bonchev–Trinajstić information content (AvgIpc) is 2.52. The Balaban J connectivity index is 2.17. The smallest absolute Gasteiger partial charge is 0.297 e.